The predicted molar refractivity (Wildman–Crippen MR) is 146 cm³/mol. The summed E-state index contributed by atoms with van der Waals surface area (Å²) in [7, 11) is 1.90. The van der Waals surface area contributed by atoms with Crippen LogP contribution in [0.1, 0.15) is 38.6 Å². The van der Waals surface area contributed by atoms with E-state index in [4.69, 9.17) is 0 Å². The molecule has 3 amide bonds. The van der Waals surface area contributed by atoms with Gasteiger partial charge < -0.3 is 10.2 Å². The van der Waals surface area contributed by atoms with E-state index < -0.39 is 6.03 Å². The van der Waals surface area contributed by atoms with Crippen molar-refractivity contribution in [3.8, 4) is 6.07 Å². The Hall–Kier alpha value is -4.41. The van der Waals surface area contributed by atoms with E-state index in [9.17, 15) is 19.6 Å². The Kier molecular flexibility index (Phi) is 7.76. The van der Waals surface area contributed by atoms with Crippen molar-refractivity contribution >= 4 is 46.9 Å². The molecule has 0 bridgehead atoms. The zero-order valence-electron chi connectivity index (χ0n) is 21.4. The van der Waals surface area contributed by atoms with E-state index >= 15 is 0 Å². The van der Waals surface area contributed by atoms with Gasteiger partial charge >= 0.3 is 6.03 Å². The number of thiazole rings is 1. The maximum Gasteiger partial charge on any atom is 0.328 e. The van der Waals surface area contributed by atoms with Crippen LogP contribution < -0.4 is 15.5 Å². The summed E-state index contributed by atoms with van der Waals surface area (Å²) in [5, 5.41) is 18.2. The molecule has 0 saturated carbocycles. The van der Waals surface area contributed by atoms with Crippen molar-refractivity contribution in [2.45, 2.75) is 25.9 Å². The average molecular weight is 546 g/mol. The number of fused-ring (bicyclic) bond motifs is 1. The molecule has 0 spiro atoms. The number of hydrogen-bond donors (Lipinski definition) is 2. The van der Waals surface area contributed by atoms with Gasteiger partial charge in [0.15, 0.2) is 6.29 Å². The lowest BCUT2D eigenvalue weighted by atomic mass is 10.0. The highest BCUT2D eigenvalue weighted by Crippen LogP contribution is 2.29. The molecule has 0 aliphatic carbocycles. The van der Waals surface area contributed by atoms with E-state index in [1.165, 1.54) is 22.4 Å². The monoisotopic (exact) mass is 545 g/mol. The van der Waals surface area contributed by atoms with Crippen molar-refractivity contribution in [1.29, 1.82) is 5.26 Å². The van der Waals surface area contributed by atoms with E-state index in [0.29, 0.717) is 68.1 Å². The molecule has 200 valence electrons. The van der Waals surface area contributed by atoms with Crippen LogP contribution in [0.5, 0.6) is 0 Å². The van der Waals surface area contributed by atoms with Crippen LogP contribution in [0.4, 0.5) is 22.1 Å². The van der Waals surface area contributed by atoms with Crippen LogP contribution in [-0.2, 0) is 24.3 Å². The molecule has 0 aromatic carbocycles. The molecule has 0 radical (unpaired) electrons. The number of nitrogens with zero attached hydrogens (tertiary/aromatic N) is 7. The van der Waals surface area contributed by atoms with Crippen LogP contribution in [0.2, 0.25) is 0 Å². The highest BCUT2D eigenvalue weighted by Gasteiger charge is 2.28. The topological polar surface area (TPSA) is 147 Å². The second-order valence-corrected chi connectivity index (χ2v) is 10.4. The fourth-order valence-electron chi connectivity index (χ4n) is 4.63. The van der Waals surface area contributed by atoms with E-state index in [1.54, 1.807) is 17.2 Å². The molecule has 13 heteroatoms. The largest absolute Gasteiger partial charge is 0.377 e. The SMILES string of the molecule is CN1CCN(Cc2cc3c(nc2C=O)N(C(=O)Nc2cc(NCc4nccs4)c(C#N)cn2)CCC3)C(=O)C1. The summed E-state index contributed by atoms with van der Waals surface area (Å²) in [5.41, 5.74) is 2.61. The van der Waals surface area contributed by atoms with Crippen molar-refractivity contribution < 1.29 is 14.4 Å². The minimum atomic E-state index is -0.439. The van der Waals surface area contributed by atoms with Gasteiger partial charge in [0.25, 0.3) is 0 Å². The standard InChI is InChI=1S/C26H27N9O3S/c1-33-6-7-34(24(37)15-33)14-18-9-17-3-2-5-35(25(17)31-21(18)16-36)26(38)32-22-10-20(19(11-27)12-30-22)29-13-23-28-4-8-39-23/h4,8-10,12,16H,2-3,5-7,13-15H2,1H3,(H2,29,30,32,38). The number of likely N-dealkylation sites (N-methyl/N-ethyl adjacent to an activating group) is 1. The molecule has 5 rings (SSSR count). The molecule has 12 nitrogen and oxygen atoms in total. The van der Waals surface area contributed by atoms with Gasteiger partial charge in [-0.25, -0.2) is 19.7 Å². The predicted octanol–water partition coefficient (Wildman–Crippen LogP) is 2.49. The van der Waals surface area contributed by atoms with Gasteiger partial charge in [-0.2, -0.15) is 5.26 Å². The van der Waals surface area contributed by atoms with Crippen molar-refractivity contribution in [2.75, 3.05) is 48.8 Å². The van der Waals surface area contributed by atoms with E-state index in [-0.39, 0.29) is 17.4 Å². The molecule has 2 N–H and O–H groups in total. The number of aldehydes is 1. The first kappa shape index (κ1) is 26.2. The molecule has 2 aliphatic heterocycles. The Labute approximate surface area is 229 Å². The molecule has 5 heterocycles. The van der Waals surface area contributed by atoms with Crippen LogP contribution in [-0.4, -0.2) is 76.2 Å². The number of aryl methyl sites for hydroxylation is 1. The van der Waals surface area contributed by atoms with Crippen molar-refractivity contribution in [2.24, 2.45) is 0 Å². The Morgan fingerprint density at radius 2 is 2.13 bits per heavy atom. The van der Waals surface area contributed by atoms with Gasteiger partial charge in [-0.1, -0.05) is 0 Å². The second kappa shape index (κ2) is 11.5. The maximum absolute atomic E-state index is 13.3. The smallest absolute Gasteiger partial charge is 0.328 e. The van der Waals surface area contributed by atoms with Gasteiger partial charge in [-0.15, -0.1) is 11.3 Å². The summed E-state index contributed by atoms with van der Waals surface area (Å²) >= 11 is 1.49. The Morgan fingerprint density at radius 1 is 1.26 bits per heavy atom. The first-order valence-corrected chi connectivity index (χ1v) is 13.4. The summed E-state index contributed by atoms with van der Waals surface area (Å²) < 4.78 is 0. The lowest BCUT2D eigenvalue weighted by Crippen LogP contribution is -2.48. The Bertz CT molecular complexity index is 1440. The van der Waals surface area contributed by atoms with E-state index in [0.717, 1.165) is 23.5 Å². The molecule has 0 unspecified atom stereocenters. The number of piperazine rings is 1. The highest BCUT2D eigenvalue weighted by atomic mass is 32.1. The lowest BCUT2D eigenvalue weighted by Gasteiger charge is -2.33. The number of amides is 3. The molecule has 0 atom stereocenters. The number of aromatic nitrogens is 3. The number of nitriles is 1. The fourth-order valence-corrected chi connectivity index (χ4v) is 5.19. The van der Waals surface area contributed by atoms with Gasteiger partial charge in [-0.05, 0) is 31.5 Å². The summed E-state index contributed by atoms with van der Waals surface area (Å²) in [6.45, 7) is 2.85. The second-order valence-electron chi connectivity index (χ2n) is 9.38. The van der Waals surface area contributed by atoms with Crippen molar-refractivity contribution in [1.82, 2.24) is 24.8 Å². The van der Waals surface area contributed by atoms with Crippen LogP contribution in [0.25, 0.3) is 0 Å². The number of carbonyl (C=O) groups is 3. The summed E-state index contributed by atoms with van der Waals surface area (Å²) in [6.07, 6.45) is 5.20. The van der Waals surface area contributed by atoms with E-state index in [2.05, 4.69) is 31.7 Å². The van der Waals surface area contributed by atoms with Crippen LogP contribution in [0.15, 0.2) is 29.9 Å². The molecule has 3 aromatic heterocycles. The minimum Gasteiger partial charge on any atom is -0.377 e. The van der Waals surface area contributed by atoms with Gasteiger partial charge in [0.1, 0.15) is 28.4 Å². The molecule has 1 fully saturated rings. The number of pyridine rings is 2. The zero-order valence-corrected chi connectivity index (χ0v) is 22.2. The summed E-state index contributed by atoms with van der Waals surface area (Å²) in [5.74, 6) is 0.702. The molecule has 2 aliphatic rings. The first-order valence-electron chi connectivity index (χ1n) is 12.5. The third kappa shape index (κ3) is 5.87. The minimum absolute atomic E-state index is 0.00903. The number of rotatable bonds is 7. The van der Waals surface area contributed by atoms with Gasteiger partial charge in [0.2, 0.25) is 5.91 Å². The molecule has 1 saturated heterocycles. The number of urea groups is 1. The van der Waals surface area contributed by atoms with Crippen LogP contribution in [0, 0.1) is 11.3 Å². The van der Waals surface area contributed by atoms with Gasteiger partial charge in [-0.3, -0.25) is 24.7 Å². The van der Waals surface area contributed by atoms with Crippen molar-refractivity contribution in [3.05, 3.63) is 57.3 Å². The number of anilines is 3. The number of nitrogens with one attached hydrogen (secondary N) is 2. The zero-order chi connectivity index (χ0) is 27.4. The number of hydrogen-bond acceptors (Lipinski definition) is 10. The Morgan fingerprint density at radius 3 is 2.87 bits per heavy atom. The fraction of sp³-hybridized carbons (Fsp3) is 0.346. The third-order valence-electron chi connectivity index (χ3n) is 6.67. The summed E-state index contributed by atoms with van der Waals surface area (Å²) in [6, 6.07) is 5.15. The average Bonchev–Trinajstić information content (AvgIpc) is 3.46. The Balaban J connectivity index is 1.33. The maximum atomic E-state index is 13.3. The van der Waals surface area contributed by atoms with Crippen LogP contribution in [0.3, 0.4) is 0 Å². The molecule has 3 aromatic rings. The lowest BCUT2D eigenvalue weighted by molar-refractivity contribution is -0.136. The molecular formula is C26H27N9O3S. The third-order valence-corrected chi connectivity index (χ3v) is 7.45. The van der Waals surface area contributed by atoms with Crippen molar-refractivity contribution in [3.63, 3.8) is 0 Å². The van der Waals surface area contributed by atoms with Gasteiger partial charge in [0.05, 0.1) is 24.3 Å². The van der Waals surface area contributed by atoms with Crippen LogP contribution >= 0.6 is 11.3 Å². The highest BCUT2D eigenvalue weighted by molar-refractivity contribution is 7.09. The molecular weight excluding hydrogens is 518 g/mol. The quantitative estimate of drug-likeness (QED) is 0.427. The number of carbonyl (C=O) groups excluding carboxylic acids is 3. The van der Waals surface area contributed by atoms with Gasteiger partial charge in [0, 0.05) is 55.6 Å². The first-order chi connectivity index (χ1) is 18.9. The van der Waals surface area contributed by atoms with E-state index in [1.807, 2.05) is 23.4 Å². The summed E-state index contributed by atoms with van der Waals surface area (Å²) in [4.78, 5) is 55.9. The normalized spacial score (nSPS) is 15.4. The molecule has 39 heavy (non-hydrogen) atoms.